The third-order valence-electron chi connectivity index (χ3n) is 2.90. The van der Waals surface area contributed by atoms with Crippen LogP contribution in [0.1, 0.15) is 11.1 Å². The molecule has 0 radical (unpaired) electrons. The van der Waals surface area contributed by atoms with Crippen LogP contribution in [0, 0.1) is 13.8 Å². The number of aryl methyl sites for hydroxylation is 1. The van der Waals surface area contributed by atoms with Crippen LogP contribution in [-0.4, -0.2) is 39.3 Å². The number of nitrogens with zero attached hydrogens (tertiary/aromatic N) is 1. The number of likely N-dealkylation sites (N-methyl/N-ethyl adjacent to an activating group) is 2. The third-order valence-corrected chi connectivity index (χ3v) is 5.87. The summed E-state index contributed by atoms with van der Waals surface area (Å²) in [5.74, 6) is -0.413. The lowest BCUT2D eigenvalue weighted by atomic mass is 10.2. The summed E-state index contributed by atoms with van der Waals surface area (Å²) >= 11 is 12.1. The molecule has 1 N–H and O–H groups in total. The second-order valence-corrected chi connectivity index (χ2v) is 7.14. The van der Waals surface area contributed by atoms with E-state index in [9.17, 15) is 13.2 Å². The van der Waals surface area contributed by atoms with Crippen LogP contribution in [0.4, 0.5) is 0 Å². The fourth-order valence-electron chi connectivity index (χ4n) is 1.64. The van der Waals surface area contributed by atoms with E-state index in [0.29, 0.717) is 16.1 Å². The highest BCUT2D eigenvalue weighted by Crippen LogP contribution is 2.34. The van der Waals surface area contributed by atoms with E-state index >= 15 is 0 Å². The van der Waals surface area contributed by atoms with E-state index in [1.54, 1.807) is 19.9 Å². The maximum atomic E-state index is 12.5. The van der Waals surface area contributed by atoms with Crippen LogP contribution < -0.4 is 5.32 Å². The summed E-state index contributed by atoms with van der Waals surface area (Å²) in [7, 11) is -1.14. The van der Waals surface area contributed by atoms with Crippen molar-refractivity contribution in [2.24, 2.45) is 0 Å². The number of nitrogens with one attached hydrogen (secondary N) is 1. The van der Waals surface area contributed by atoms with Gasteiger partial charge in [-0.3, -0.25) is 4.79 Å². The SMILES string of the molecule is CNC(=O)CN(C)S(=O)(=O)c1c(C)c(Cl)cc(C)c1Cl. The minimum Gasteiger partial charge on any atom is -0.358 e. The fourth-order valence-corrected chi connectivity index (χ4v) is 3.93. The minimum absolute atomic E-state index is 0.0597. The molecule has 0 aliphatic rings. The van der Waals surface area contributed by atoms with Crippen LogP contribution in [0.15, 0.2) is 11.0 Å². The smallest absolute Gasteiger partial charge is 0.245 e. The molecule has 1 aromatic rings. The molecule has 0 saturated carbocycles. The Kier molecular flexibility index (Phi) is 5.43. The molecule has 0 unspecified atom stereocenters. The van der Waals surface area contributed by atoms with Gasteiger partial charge in [-0.15, -0.1) is 0 Å². The van der Waals surface area contributed by atoms with Crippen molar-refractivity contribution in [1.29, 1.82) is 0 Å². The molecule has 1 amide bonds. The van der Waals surface area contributed by atoms with Crippen LogP contribution in [0.3, 0.4) is 0 Å². The van der Waals surface area contributed by atoms with Crippen molar-refractivity contribution in [3.05, 3.63) is 27.2 Å². The zero-order valence-corrected chi connectivity index (χ0v) is 13.9. The van der Waals surface area contributed by atoms with Gasteiger partial charge in [0, 0.05) is 19.1 Å². The molecule has 0 bridgehead atoms. The average molecular weight is 339 g/mol. The zero-order valence-electron chi connectivity index (χ0n) is 11.6. The second-order valence-electron chi connectivity index (χ2n) is 4.38. The van der Waals surface area contributed by atoms with Crippen molar-refractivity contribution in [3.8, 4) is 0 Å². The predicted molar refractivity (Wildman–Crippen MR) is 79.8 cm³/mol. The Morgan fingerprint density at radius 3 is 2.40 bits per heavy atom. The Morgan fingerprint density at radius 1 is 1.35 bits per heavy atom. The van der Waals surface area contributed by atoms with Gasteiger partial charge in [-0.05, 0) is 31.0 Å². The number of carbonyl (C=O) groups excluding carboxylic acids is 1. The molecule has 0 saturated heterocycles. The predicted octanol–water partition coefficient (Wildman–Crippen LogP) is 1.98. The first-order valence-electron chi connectivity index (χ1n) is 5.75. The molecule has 20 heavy (non-hydrogen) atoms. The maximum absolute atomic E-state index is 12.5. The summed E-state index contributed by atoms with van der Waals surface area (Å²) in [5.41, 5.74) is 0.931. The van der Waals surface area contributed by atoms with Crippen molar-refractivity contribution in [3.63, 3.8) is 0 Å². The van der Waals surface area contributed by atoms with Crippen LogP contribution in [0.5, 0.6) is 0 Å². The molecule has 1 rings (SSSR count). The first-order chi connectivity index (χ1) is 9.12. The van der Waals surface area contributed by atoms with Gasteiger partial charge in [0.2, 0.25) is 15.9 Å². The lowest BCUT2D eigenvalue weighted by Crippen LogP contribution is -2.37. The molecule has 0 spiro atoms. The topological polar surface area (TPSA) is 66.5 Å². The van der Waals surface area contributed by atoms with Gasteiger partial charge in [0.25, 0.3) is 0 Å². The number of carbonyl (C=O) groups is 1. The standard InChI is InChI=1S/C12H16Cl2N2O3S/c1-7-5-9(13)8(2)12(11(7)14)20(18,19)16(4)6-10(17)15-3/h5H,6H2,1-4H3,(H,15,17). The largest absolute Gasteiger partial charge is 0.358 e. The van der Waals surface area contributed by atoms with E-state index in [0.717, 1.165) is 4.31 Å². The Morgan fingerprint density at radius 2 is 1.90 bits per heavy atom. The molecule has 0 aliphatic carbocycles. The highest BCUT2D eigenvalue weighted by molar-refractivity contribution is 7.89. The summed E-state index contributed by atoms with van der Waals surface area (Å²) in [6, 6.07) is 1.61. The fraction of sp³-hybridized carbons (Fsp3) is 0.417. The number of benzene rings is 1. The number of amides is 1. The number of hydrogen-bond donors (Lipinski definition) is 1. The van der Waals surface area contributed by atoms with E-state index in [1.165, 1.54) is 14.1 Å². The molecule has 0 fully saturated rings. The summed E-state index contributed by atoms with van der Waals surface area (Å²) in [5, 5.41) is 2.81. The molecule has 1 aromatic carbocycles. The molecular formula is C12H16Cl2N2O3S. The van der Waals surface area contributed by atoms with Crippen molar-refractivity contribution >= 4 is 39.1 Å². The molecule has 0 heterocycles. The molecule has 0 atom stereocenters. The highest BCUT2D eigenvalue weighted by Gasteiger charge is 2.28. The van der Waals surface area contributed by atoms with Gasteiger partial charge in [0.15, 0.2) is 0 Å². The normalized spacial score (nSPS) is 11.8. The Balaban J connectivity index is 3.40. The van der Waals surface area contributed by atoms with Crippen LogP contribution >= 0.6 is 23.2 Å². The van der Waals surface area contributed by atoms with Crippen LogP contribution in [0.25, 0.3) is 0 Å². The third kappa shape index (κ3) is 3.25. The van der Waals surface area contributed by atoms with Gasteiger partial charge in [-0.25, -0.2) is 8.42 Å². The summed E-state index contributed by atoms with van der Waals surface area (Å²) in [6.07, 6.45) is 0. The summed E-state index contributed by atoms with van der Waals surface area (Å²) in [4.78, 5) is 11.3. The maximum Gasteiger partial charge on any atom is 0.245 e. The van der Waals surface area contributed by atoms with E-state index in [-0.39, 0.29) is 16.5 Å². The van der Waals surface area contributed by atoms with Crippen molar-refractivity contribution in [2.75, 3.05) is 20.6 Å². The molecular weight excluding hydrogens is 323 g/mol. The van der Waals surface area contributed by atoms with Crippen LogP contribution in [-0.2, 0) is 14.8 Å². The second kappa shape index (κ2) is 6.30. The van der Waals surface area contributed by atoms with Gasteiger partial charge in [0.05, 0.1) is 11.6 Å². The van der Waals surface area contributed by atoms with Crippen LogP contribution in [0.2, 0.25) is 10.0 Å². The quantitative estimate of drug-likeness (QED) is 0.912. The number of hydrogen-bond acceptors (Lipinski definition) is 3. The Labute approximate surface area is 128 Å². The van der Waals surface area contributed by atoms with Gasteiger partial charge >= 0.3 is 0 Å². The lowest BCUT2D eigenvalue weighted by Gasteiger charge is -2.20. The Hall–Kier alpha value is -0.820. The van der Waals surface area contributed by atoms with Crippen molar-refractivity contribution < 1.29 is 13.2 Å². The van der Waals surface area contributed by atoms with Gasteiger partial charge in [-0.2, -0.15) is 4.31 Å². The zero-order chi connectivity index (χ0) is 15.7. The van der Waals surface area contributed by atoms with Gasteiger partial charge in [0.1, 0.15) is 4.90 Å². The molecule has 8 heteroatoms. The van der Waals surface area contributed by atoms with Gasteiger partial charge < -0.3 is 5.32 Å². The molecule has 0 aliphatic heterocycles. The van der Waals surface area contributed by atoms with Crippen molar-refractivity contribution in [1.82, 2.24) is 9.62 Å². The summed E-state index contributed by atoms with van der Waals surface area (Å²) in [6.45, 7) is 2.96. The Bertz CT molecular complexity index is 618. The monoisotopic (exact) mass is 338 g/mol. The summed E-state index contributed by atoms with van der Waals surface area (Å²) < 4.78 is 26.0. The van der Waals surface area contributed by atoms with Gasteiger partial charge in [-0.1, -0.05) is 23.2 Å². The molecule has 5 nitrogen and oxygen atoms in total. The number of halogens is 2. The van der Waals surface area contributed by atoms with E-state index in [2.05, 4.69) is 5.32 Å². The first kappa shape index (κ1) is 17.2. The average Bonchev–Trinajstić information content (AvgIpc) is 2.36. The van der Waals surface area contributed by atoms with E-state index in [4.69, 9.17) is 23.2 Å². The molecule has 0 aromatic heterocycles. The van der Waals surface area contributed by atoms with Crippen molar-refractivity contribution in [2.45, 2.75) is 18.7 Å². The lowest BCUT2D eigenvalue weighted by molar-refractivity contribution is -0.120. The molecule has 112 valence electrons. The number of sulfonamides is 1. The van der Waals surface area contributed by atoms with E-state index < -0.39 is 15.9 Å². The minimum atomic E-state index is -3.89. The number of rotatable bonds is 4. The first-order valence-corrected chi connectivity index (χ1v) is 7.94. The van der Waals surface area contributed by atoms with E-state index in [1.807, 2.05) is 0 Å². The highest BCUT2D eigenvalue weighted by atomic mass is 35.5.